The SMILES string of the molecule is CCC(NC(=O)c1cc(F)cnc1Oc1ccc(F)cc1)c1ccc(C(=O)OC)cc1. The number of hydrogen-bond donors (Lipinski definition) is 1. The Bertz CT molecular complexity index is 1070. The number of aromatic nitrogens is 1. The molecule has 0 fully saturated rings. The van der Waals surface area contributed by atoms with E-state index < -0.39 is 29.6 Å². The maximum atomic E-state index is 13.8. The van der Waals surface area contributed by atoms with Crippen LogP contribution in [0.3, 0.4) is 0 Å². The number of amides is 1. The van der Waals surface area contributed by atoms with Crippen LogP contribution in [0.5, 0.6) is 11.6 Å². The number of nitrogens with one attached hydrogen (secondary N) is 1. The average molecular weight is 426 g/mol. The van der Waals surface area contributed by atoms with E-state index in [0.29, 0.717) is 12.0 Å². The number of esters is 1. The van der Waals surface area contributed by atoms with Gasteiger partial charge in [0.2, 0.25) is 5.88 Å². The van der Waals surface area contributed by atoms with Crippen molar-refractivity contribution in [3.8, 4) is 11.6 Å². The van der Waals surface area contributed by atoms with Gasteiger partial charge in [-0.15, -0.1) is 0 Å². The number of ether oxygens (including phenoxy) is 2. The highest BCUT2D eigenvalue weighted by Crippen LogP contribution is 2.25. The standard InChI is InChI=1S/C23H20F2N2O4/c1-3-20(14-4-6-15(7-5-14)23(29)30-2)27-21(28)19-12-17(25)13-26-22(19)31-18-10-8-16(24)9-11-18/h4-13,20H,3H2,1-2H3,(H,27,28). The fourth-order valence-electron chi connectivity index (χ4n) is 2.91. The van der Waals surface area contributed by atoms with Crippen LogP contribution in [0.1, 0.15) is 45.7 Å². The van der Waals surface area contributed by atoms with E-state index in [2.05, 4.69) is 15.0 Å². The smallest absolute Gasteiger partial charge is 0.337 e. The van der Waals surface area contributed by atoms with Crippen LogP contribution in [0, 0.1) is 11.6 Å². The molecule has 0 saturated heterocycles. The van der Waals surface area contributed by atoms with E-state index in [9.17, 15) is 18.4 Å². The van der Waals surface area contributed by atoms with Crippen molar-refractivity contribution in [2.45, 2.75) is 19.4 Å². The fourth-order valence-corrected chi connectivity index (χ4v) is 2.91. The highest BCUT2D eigenvalue weighted by Gasteiger charge is 2.20. The van der Waals surface area contributed by atoms with Gasteiger partial charge in [-0.25, -0.2) is 18.6 Å². The number of halogens is 2. The third-order valence-electron chi connectivity index (χ3n) is 4.54. The van der Waals surface area contributed by atoms with Gasteiger partial charge in [0.05, 0.1) is 24.9 Å². The summed E-state index contributed by atoms with van der Waals surface area (Å²) in [6.07, 6.45) is 1.47. The highest BCUT2D eigenvalue weighted by atomic mass is 19.1. The molecular formula is C23H20F2N2O4. The summed E-state index contributed by atoms with van der Waals surface area (Å²) in [7, 11) is 1.30. The summed E-state index contributed by atoms with van der Waals surface area (Å²) in [4.78, 5) is 28.4. The molecule has 160 valence electrons. The van der Waals surface area contributed by atoms with Gasteiger partial charge in [-0.1, -0.05) is 19.1 Å². The zero-order chi connectivity index (χ0) is 22.4. The molecule has 0 radical (unpaired) electrons. The largest absolute Gasteiger partial charge is 0.465 e. The van der Waals surface area contributed by atoms with Crippen LogP contribution in [-0.2, 0) is 4.74 Å². The summed E-state index contributed by atoms with van der Waals surface area (Å²) >= 11 is 0. The zero-order valence-electron chi connectivity index (χ0n) is 16.9. The van der Waals surface area contributed by atoms with Crippen molar-refractivity contribution < 1.29 is 27.8 Å². The number of hydrogen-bond acceptors (Lipinski definition) is 5. The molecule has 0 aliphatic heterocycles. The molecule has 0 aliphatic carbocycles. The molecule has 1 unspecified atom stereocenters. The Kier molecular flexibility index (Phi) is 6.92. The Morgan fingerprint density at radius 2 is 1.71 bits per heavy atom. The summed E-state index contributed by atoms with van der Waals surface area (Å²) in [5, 5.41) is 2.82. The van der Waals surface area contributed by atoms with Gasteiger partial charge in [0, 0.05) is 0 Å². The number of carbonyl (C=O) groups is 2. The quantitative estimate of drug-likeness (QED) is 0.548. The van der Waals surface area contributed by atoms with E-state index in [1.165, 1.54) is 31.4 Å². The van der Waals surface area contributed by atoms with Crippen molar-refractivity contribution in [1.29, 1.82) is 0 Å². The topological polar surface area (TPSA) is 77.5 Å². The molecule has 31 heavy (non-hydrogen) atoms. The van der Waals surface area contributed by atoms with Crippen LogP contribution in [-0.4, -0.2) is 24.0 Å². The molecule has 1 atom stereocenters. The van der Waals surface area contributed by atoms with Crippen molar-refractivity contribution in [3.63, 3.8) is 0 Å². The normalized spacial score (nSPS) is 11.5. The lowest BCUT2D eigenvalue weighted by atomic mass is 10.0. The number of rotatable bonds is 7. The third kappa shape index (κ3) is 5.42. The minimum absolute atomic E-state index is 0.103. The van der Waals surface area contributed by atoms with Gasteiger partial charge in [-0.3, -0.25) is 4.79 Å². The van der Waals surface area contributed by atoms with Crippen LogP contribution < -0.4 is 10.1 Å². The van der Waals surface area contributed by atoms with E-state index in [1.807, 2.05) is 6.92 Å². The first-order chi connectivity index (χ1) is 14.9. The predicted octanol–water partition coefficient (Wildman–Crippen LogP) is 4.82. The van der Waals surface area contributed by atoms with Crippen LogP contribution in [0.25, 0.3) is 0 Å². The van der Waals surface area contributed by atoms with E-state index >= 15 is 0 Å². The minimum atomic E-state index is -0.702. The second kappa shape index (κ2) is 9.80. The molecule has 6 nitrogen and oxygen atoms in total. The van der Waals surface area contributed by atoms with Gasteiger partial charge in [0.1, 0.15) is 22.9 Å². The molecule has 1 aromatic heterocycles. The maximum Gasteiger partial charge on any atom is 0.337 e. The fraction of sp³-hybridized carbons (Fsp3) is 0.174. The second-order valence-corrected chi connectivity index (χ2v) is 6.61. The van der Waals surface area contributed by atoms with Crippen LogP contribution >= 0.6 is 0 Å². The monoisotopic (exact) mass is 426 g/mol. The molecule has 1 heterocycles. The number of pyridine rings is 1. The first-order valence-electron chi connectivity index (χ1n) is 9.49. The Hall–Kier alpha value is -3.81. The van der Waals surface area contributed by atoms with E-state index in [0.717, 1.165) is 17.8 Å². The van der Waals surface area contributed by atoms with E-state index in [-0.39, 0.29) is 17.2 Å². The molecule has 0 bridgehead atoms. The summed E-state index contributed by atoms with van der Waals surface area (Å²) in [5.74, 6) is -2.06. The van der Waals surface area contributed by atoms with Crippen molar-refractivity contribution in [3.05, 3.63) is 89.1 Å². The summed E-state index contributed by atoms with van der Waals surface area (Å²) in [6, 6.07) is 12.4. The highest BCUT2D eigenvalue weighted by molar-refractivity contribution is 5.96. The Balaban J connectivity index is 1.81. The van der Waals surface area contributed by atoms with Crippen LogP contribution in [0.2, 0.25) is 0 Å². The molecule has 1 N–H and O–H groups in total. The molecule has 0 aliphatic rings. The van der Waals surface area contributed by atoms with Crippen molar-refractivity contribution in [2.75, 3.05) is 7.11 Å². The number of benzene rings is 2. The van der Waals surface area contributed by atoms with Gasteiger partial charge in [0.15, 0.2) is 0 Å². The lowest BCUT2D eigenvalue weighted by molar-refractivity contribution is 0.0600. The van der Waals surface area contributed by atoms with Crippen LogP contribution in [0.4, 0.5) is 8.78 Å². The number of nitrogens with zero attached hydrogens (tertiary/aromatic N) is 1. The number of methoxy groups -OCH3 is 1. The van der Waals surface area contributed by atoms with Gasteiger partial charge >= 0.3 is 5.97 Å². The number of carbonyl (C=O) groups excluding carboxylic acids is 2. The maximum absolute atomic E-state index is 13.8. The van der Waals surface area contributed by atoms with Crippen LogP contribution in [0.15, 0.2) is 60.8 Å². The van der Waals surface area contributed by atoms with E-state index in [1.54, 1.807) is 24.3 Å². The summed E-state index contributed by atoms with van der Waals surface area (Å²) < 4.78 is 37.2. The average Bonchev–Trinajstić information content (AvgIpc) is 2.79. The van der Waals surface area contributed by atoms with Crippen molar-refractivity contribution in [1.82, 2.24) is 10.3 Å². The Morgan fingerprint density at radius 3 is 2.32 bits per heavy atom. The first-order valence-corrected chi connectivity index (χ1v) is 9.49. The molecule has 3 aromatic rings. The summed E-state index contributed by atoms with van der Waals surface area (Å²) in [6.45, 7) is 1.87. The van der Waals surface area contributed by atoms with Crippen molar-refractivity contribution in [2.24, 2.45) is 0 Å². The summed E-state index contributed by atoms with van der Waals surface area (Å²) in [5.41, 5.74) is 1.04. The molecule has 3 rings (SSSR count). The molecule has 0 spiro atoms. The van der Waals surface area contributed by atoms with Crippen molar-refractivity contribution >= 4 is 11.9 Å². The van der Waals surface area contributed by atoms with E-state index in [4.69, 9.17) is 4.74 Å². The molecule has 2 aromatic carbocycles. The second-order valence-electron chi connectivity index (χ2n) is 6.61. The molecule has 1 amide bonds. The predicted molar refractivity (Wildman–Crippen MR) is 109 cm³/mol. The molecule has 8 heteroatoms. The molecule has 0 saturated carbocycles. The van der Waals surface area contributed by atoms with Gasteiger partial charge < -0.3 is 14.8 Å². The van der Waals surface area contributed by atoms with Gasteiger partial charge in [-0.05, 0) is 54.4 Å². The molecular weight excluding hydrogens is 406 g/mol. The Labute approximate surface area is 177 Å². The lowest BCUT2D eigenvalue weighted by Crippen LogP contribution is -2.28. The van der Waals surface area contributed by atoms with Gasteiger partial charge in [0.25, 0.3) is 5.91 Å². The minimum Gasteiger partial charge on any atom is -0.465 e. The third-order valence-corrected chi connectivity index (χ3v) is 4.54. The first kappa shape index (κ1) is 21.9. The zero-order valence-corrected chi connectivity index (χ0v) is 16.9. The Morgan fingerprint density at radius 1 is 1.03 bits per heavy atom. The lowest BCUT2D eigenvalue weighted by Gasteiger charge is -2.19. The van der Waals surface area contributed by atoms with Gasteiger partial charge in [-0.2, -0.15) is 0 Å².